The average Bonchev–Trinajstić information content (AvgIpc) is 3.51. The number of rotatable bonds is 6. The zero-order chi connectivity index (χ0) is 25.4. The Bertz CT molecular complexity index is 1590. The number of nitrogens with one attached hydrogen (secondary N) is 2. The van der Waals surface area contributed by atoms with Crippen molar-refractivity contribution in [2.24, 2.45) is 0 Å². The first-order valence-corrected chi connectivity index (χ1v) is 12.0. The number of carbonyl (C=O) groups is 1. The number of methoxy groups -OCH3 is 1. The Kier molecular flexibility index (Phi) is 5.65. The van der Waals surface area contributed by atoms with Gasteiger partial charge in [-0.2, -0.15) is 5.10 Å². The molecule has 2 aromatic heterocycles. The van der Waals surface area contributed by atoms with Crippen LogP contribution in [-0.4, -0.2) is 33.3 Å². The number of pyridine rings is 1. The van der Waals surface area contributed by atoms with Crippen molar-refractivity contribution < 1.29 is 14.6 Å². The normalized spacial score (nSPS) is 11.6. The molecule has 0 spiro atoms. The Morgan fingerprint density at radius 2 is 1.73 bits per heavy atom. The van der Waals surface area contributed by atoms with Gasteiger partial charge in [0.15, 0.2) is 0 Å². The molecular weight excluding hydrogens is 464 g/mol. The van der Waals surface area contributed by atoms with Crippen LogP contribution in [0.25, 0.3) is 33.6 Å². The summed E-state index contributed by atoms with van der Waals surface area (Å²) in [7, 11) is 1.58. The third-order valence-electron chi connectivity index (χ3n) is 6.69. The molecule has 5 aromatic rings. The fourth-order valence-corrected chi connectivity index (χ4v) is 4.78. The molecular formula is C30H24N4O3. The largest absolute Gasteiger partial charge is 0.508 e. The number of ether oxygens (including phenoxy) is 1. The molecule has 182 valence electrons. The summed E-state index contributed by atoms with van der Waals surface area (Å²) in [5.41, 5.74) is 9.32. The smallest absolute Gasteiger partial charge is 0.255 e. The van der Waals surface area contributed by atoms with E-state index in [2.05, 4.69) is 44.8 Å². The van der Waals surface area contributed by atoms with Gasteiger partial charge in [-0.3, -0.25) is 14.9 Å². The molecule has 2 heterocycles. The third-order valence-corrected chi connectivity index (χ3v) is 6.69. The molecule has 1 aliphatic carbocycles. The lowest BCUT2D eigenvalue weighted by atomic mass is 10.0. The molecule has 1 aliphatic rings. The highest BCUT2D eigenvalue weighted by Crippen LogP contribution is 2.42. The molecule has 37 heavy (non-hydrogen) atoms. The molecule has 6 rings (SSSR count). The summed E-state index contributed by atoms with van der Waals surface area (Å²) in [6.45, 7) is 0.333. The summed E-state index contributed by atoms with van der Waals surface area (Å²) < 4.78 is 5.58. The maximum Gasteiger partial charge on any atom is 0.255 e. The van der Waals surface area contributed by atoms with Crippen molar-refractivity contribution in [3.05, 3.63) is 107 Å². The van der Waals surface area contributed by atoms with E-state index in [1.165, 1.54) is 0 Å². The van der Waals surface area contributed by atoms with Crippen molar-refractivity contribution >= 4 is 5.91 Å². The predicted octanol–water partition coefficient (Wildman–Crippen LogP) is 5.35. The summed E-state index contributed by atoms with van der Waals surface area (Å²) >= 11 is 0. The van der Waals surface area contributed by atoms with Crippen LogP contribution in [0.4, 0.5) is 0 Å². The topological polar surface area (TPSA) is 100 Å². The number of aromatic amines is 1. The van der Waals surface area contributed by atoms with Gasteiger partial charge in [-0.1, -0.05) is 42.5 Å². The van der Waals surface area contributed by atoms with E-state index in [-0.39, 0.29) is 11.7 Å². The molecule has 0 aliphatic heterocycles. The van der Waals surface area contributed by atoms with E-state index in [9.17, 15) is 9.90 Å². The van der Waals surface area contributed by atoms with Gasteiger partial charge in [0.25, 0.3) is 5.91 Å². The molecule has 3 N–H and O–H groups in total. The van der Waals surface area contributed by atoms with Crippen LogP contribution in [0.5, 0.6) is 11.5 Å². The highest BCUT2D eigenvalue weighted by molar-refractivity contribution is 5.99. The van der Waals surface area contributed by atoms with Gasteiger partial charge in [-0.15, -0.1) is 0 Å². The maximum absolute atomic E-state index is 13.0. The number of phenolic OH excluding ortho intramolecular Hbond substituents is 1. The fourth-order valence-electron chi connectivity index (χ4n) is 4.78. The highest BCUT2D eigenvalue weighted by Gasteiger charge is 2.28. The van der Waals surface area contributed by atoms with E-state index < -0.39 is 0 Å². The van der Waals surface area contributed by atoms with Crippen LogP contribution in [0, 0.1) is 0 Å². The Balaban J connectivity index is 1.28. The van der Waals surface area contributed by atoms with E-state index in [4.69, 9.17) is 4.74 Å². The molecule has 0 radical (unpaired) electrons. The third kappa shape index (κ3) is 4.21. The van der Waals surface area contributed by atoms with Crippen LogP contribution in [0.1, 0.15) is 27.2 Å². The standard InChI is InChI=1S/C30H24N4O3/c1-37-27-15-21-14-26-28(20-7-5-18(6-8-20)19-9-11-23(35)12-10-19)33-34-29(26)24(21)16-25(27)30(36)32-17-22-4-2-3-13-31-22/h2-13,15-16,35H,14,17H2,1H3,(H,32,36)(H,33,34). The van der Waals surface area contributed by atoms with Crippen LogP contribution in [0.3, 0.4) is 0 Å². The highest BCUT2D eigenvalue weighted by atomic mass is 16.5. The van der Waals surface area contributed by atoms with E-state index in [0.29, 0.717) is 24.3 Å². The van der Waals surface area contributed by atoms with Crippen molar-refractivity contribution in [3.63, 3.8) is 0 Å². The second-order valence-electron chi connectivity index (χ2n) is 8.94. The number of phenols is 1. The van der Waals surface area contributed by atoms with Gasteiger partial charge in [-0.05, 0) is 53.1 Å². The number of nitrogens with zero attached hydrogens (tertiary/aromatic N) is 2. The van der Waals surface area contributed by atoms with Gasteiger partial charge in [0.2, 0.25) is 0 Å². The van der Waals surface area contributed by atoms with Crippen molar-refractivity contribution in [1.29, 1.82) is 0 Å². The van der Waals surface area contributed by atoms with Gasteiger partial charge in [0.05, 0.1) is 36.3 Å². The predicted molar refractivity (Wildman–Crippen MR) is 141 cm³/mol. The monoisotopic (exact) mass is 488 g/mol. The van der Waals surface area contributed by atoms with E-state index in [1.807, 2.05) is 42.5 Å². The average molecular weight is 489 g/mol. The summed E-state index contributed by atoms with van der Waals surface area (Å²) in [4.78, 5) is 17.3. The van der Waals surface area contributed by atoms with Crippen molar-refractivity contribution in [1.82, 2.24) is 20.5 Å². The molecule has 0 unspecified atom stereocenters. The number of aromatic hydroxyl groups is 1. The molecule has 0 saturated carbocycles. The minimum absolute atomic E-state index is 0.219. The zero-order valence-electron chi connectivity index (χ0n) is 20.2. The van der Waals surface area contributed by atoms with Gasteiger partial charge in [0.1, 0.15) is 11.5 Å². The number of amides is 1. The van der Waals surface area contributed by atoms with Gasteiger partial charge in [0, 0.05) is 29.3 Å². The van der Waals surface area contributed by atoms with Gasteiger partial charge < -0.3 is 15.2 Å². The fraction of sp³-hybridized carbons (Fsp3) is 0.100. The minimum Gasteiger partial charge on any atom is -0.508 e. The van der Waals surface area contributed by atoms with Crippen LogP contribution >= 0.6 is 0 Å². The summed E-state index contributed by atoms with van der Waals surface area (Å²) in [6.07, 6.45) is 2.40. The second kappa shape index (κ2) is 9.28. The molecule has 0 fully saturated rings. The number of benzene rings is 3. The molecule has 7 heteroatoms. The zero-order valence-corrected chi connectivity index (χ0v) is 20.2. The maximum atomic E-state index is 13.0. The molecule has 1 amide bonds. The first kappa shape index (κ1) is 22.5. The van der Waals surface area contributed by atoms with Crippen LogP contribution in [0.15, 0.2) is 85.1 Å². The molecule has 0 saturated heterocycles. The Morgan fingerprint density at radius 1 is 1.00 bits per heavy atom. The lowest BCUT2D eigenvalue weighted by molar-refractivity contribution is 0.0947. The van der Waals surface area contributed by atoms with Crippen LogP contribution in [-0.2, 0) is 13.0 Å². The van der Waals surface area contributed by atoms with E-state index in [0.717, 1.165) is 50.5 Å². The Morgan fingerprint density at radius 3 is 2.43 bits per heavy atom. The summed E-state index contributed by atoms with van der Waals surface area (Å²) in [5.74, 6) is 0.566. The van der Waals surface area contributed by atoms with Gasteiger partial charge >= 0.3 is 0 Å². The van der Waals surface area contributed by atoms with E-state index in [1.54, 1.807) is 25.4 Å². The first-order chi connectivity index (χ1) is 18.1. The van der Waals surface area contributed by atoms with Crippen molar-refractivity contribution in [3.8, 4) is 45.1 Å². The van der Waals surface area contributed by atoms with Crippen molar-refractivity contribution in [2.75, 3.05) is 7.11 Å². The molecule has 0 bridgehead atoms. The van der Waals surface area contributed by atoms with Crippen molar-refractivity contribution in [2.45, 2.75) is 13.0 Å². The Hall–Kier alpha value is -4.91. The second-order valence-corrected chi connectivity index (χ2v) is 8.94. The number of H-pyrrole nitrogens is 1. The first-order valence-electron chi connectivity index (χ1n) is 12.0. The number of hydrogen-bond acceptors (Lipinski definition) is 5. The number of aromatic nitrogens is 3. The summed E-state index contributed by atoms with van der Waals surface area (Å²) in [6, 6.07) is 24.8. The summed E-state index contributed by atoms with van der Waals surface area (Å²) in [5, 5.41) is 20.3. The molecule has 0 atom stereocenters. The van der Waals surface area contributed by atoms with Crippen LogP contribution in [0.2, 0.25) is 0 Å². The lowest BCUT2D eigenvalue weighted by Gasteiger charge is -2.12. The minimum atomic E-state index is -0.219. The van der Waals surface area contributed by atoms with E-state index >= 15 is 0 Å². The number of fused-ring (bicyclic) bond motifs is 3. The molecule has 7 nitrogen and oxygen atoms in total. The SMILES string of the molecule is COc1cc2c(cc1C(=O)NCc1ccccn1)-c1[nH]nc(-c3ccc(-c4ccc(O)cc4)cc3)c1C2. The molecule has 3 aromatic carbocycles. The van der Waals surface area contributed by atoms with Crippen LogP contribution < -0.4 is 10.1 Å². The number of carbonyl (C=O) groups excluding carboxylic acids is 1. The van der Waals surface area contributed by atoms with Gasteiger partial charge in [-0.25, -0.2) is 0 Å². The number of hydrogen-bond donors (Lipinski definition) is 3. The quantitative estimate of drug-likeness (QED) is 0.293. The lowest BCUT2D eigenvalue weighted by Crippen LogP contribution is -2.24. The Labute approximate surface area is 213 Å².